The summed E-state index contributed by atoms with van der Waals surface area (Å²) in [5.41, 5.74) is 0. The van der Waals surface area contributed by atoms with Crippen molar-refractivity contribution in [1.29, 1.82) is 0 Å². The Morgan fingerprint density at radius 3 is 1.21 bits per heavy atom. The smallest absolute Gasteiger partial charge is 0.457 e. The highest BCUT2D eigenvalue weighted by molar-refractivity contribution is 7.47. The summed E-state index contributed by atoms with van der Waals surface area (Å²) in [6, 6.07) is 0. The van der Waals surface area contributed by atoms with E-state index >= 15 is 0 Å². The van der Waals surface area contributed by atoms with Crippen molar-refractivity contribution in [3.05, 3.63) is 36.5 Å². The van der Waals surface area contributed by atoms with Gasteiger partial charge in [-0.25, -0.2) is 4.57 Å². The van der Waals surface area contributed by atoms with Crippen LogP contribution in [0.5, 0.6) is 0 Å². The van der Waals surface area contributed by atoms with Gasteiger partial charge in [0.1, 0.15) is 12.2 Å². The van der Waals surface area contributed by atoms with E-state index in [1.165, 1.54) is 205 Å². The Hall–Kier alpha value is -1.32. The van der Waals surface area contributed by atoms with E-state index in [9.17, 15) is 19.4 Å². The predicted molar refractivity (Wildman–Crippen MR) is 284 cm³/mol. The molecular formula is C57H109O9P. The van der Waals surface area contributed by atoms with Crippen LogP contribution in [0, 0.1) is 0 Å². The maximum Gasteiger partial charge on any atom is 0.472 e. The van der Waals surface area contributed by atoms with E-state index in [1.54, 1.807) is 0 Å². The number of carbonyl (C=O) groups excluding carboxylic acids is 1. The van der Waals surface area contributed by atoms with E-state index in [2.05, 4.69) is 50.3 Å². The van der Waals surface area contributed by atoms with E-state index in [-0.39, 0.29) is 25.6 Å². The number of aliphatic hydroxyl groups is 2. The topological polar surface area (TPSA) is 132 Å². The Bertz CT molecular complexity index is 1140. The van der Waals surface area contributed by atoms with Crippen LogP contribution in [0.25, 0.3) is 0 Å². The number of phosphoric acid groups is 1. The normalized spacial score (nSPS) is 13.9. The zero-order valence-corrected chi connectivity index (χ0v) is 44.8. The van der Waals surface area contributed by atoms with Gasteiger partial charge in [0.25, 0.3) is 0 Å². The second-order valence-corrected chi connectivity index (χ2v) is 20.8. The van der Waals surface area contributed by atoms with Gasteiger partial charge in [-0.1, -0.05) is 256 Å². The Morgan fingerprint density at radius 1 is 0.463 bits per heavy atom. The van der Waals surface area contributed by atoms with Crippen LogP contribution in [-0.4, -0.2) is 66.3 Å². The number of hydrogen-bond donors (Lipinski definition) is 3. The van der Waals surface area contributed by atoms with E-state index < -0.39 is 33.2 Å². The van der Waals surface area contributed by atoms with Gasteiger partial charge < -0.3 is 24.6 Å². The molecule has 0 saturated heterocycles. The molecule has 0 fully saturated rings. The van der Waals surface area contributed by atoms with Crippen LogP contribution in [0.1, 0.15) is 277 Å². The molecule has 67 heavy (non-hydrogen) atoms. The van der Waals surface area contributed by atoms with E-state index in [4.69, 9.17) is 23.6 Å². The van der Waals surface area contributed by atoms with Crippen LogP contribution in [0.3, 0.4) is 0 Å². The minimum atomic E-state index is -4.53. The number of rotatable bonds is 55. The van der Waals surface area contributed by atoms with Crippen LogP contribution in [0.2, 0.25) is 0 Å². The van der Waals surface area contributed by atoms with Gasteiger partial charge >= 0.3 is 13.8 Å². The van der Waals surface area contributed by atoms with Crippen molar-refractivity contribution in [3.8, 4) is 0 Å². The average molecular weight is 969 g/mol. The lowest BCUT2D eigenvalue weighted by molar-refractivity contribution is -0.154. The molecule has 0 bridgehead atoms. The molecule has 0 spiro atoms. The number of carbonyl (C=O) groups is 1. The first-order valence-electron chi connectivity index (χ1n) is 28.5. The number of hydrogen-bond acceptors (Lipinski definition) is 8. The van der Waals surface area contributed by atoms with Gasteiger partial charge in [0.05, 0.1) is 26.4 Å². The fraction of sp³-hybridized carbons (Fsp3) is 0.877. The van der Waals surface area contributed by atoms with Gasteiger partial charge in [0, 0.05) is 13.0 Å². The van der Waals surface area contributed by atoms with Crippen molar-refractivity contribution in [2.75, 3.05) is 33.0 Å². The second kappa shape index (κ2) is 54.0. The molecule has 0 heterocycles. The van der Waals surface area contributed by atoms with E-state index in [1.807, 2.05) is 0 Å². The minimum absolute atomic E-state index is 0.0488. The van der Waals surface area contributed by atoms with Gasteiger partial charge in [-0.15, -0.1) is 0 Å². The Balaban J connectivity index is 4.01. The molecule has 3 unspecified atom stereocenters. The number of aliphatic hydroxyl groups excluding tert-OH is 2. The Morgan fingerprint density at radius 2 is 0.806 bits per heavy atom. The molecule has 0 aliphatic rings. The van der Waals surface area contributed by atoms with Crippen molar-refractivity contribution in [1.82, 2.24) is 0 Å². The summed E-state index contributed by atoms with van der Waals surface area (Å²) in [5.74, 6) is -0.378. The third-order valence-electron chi connectivity index (χ3n) is 12.6. The van der Waals surface area contributed by atoms with Gasteiger partial charge in [0.2, 0.25) is 0 Å². The number of phosphoric ester groups is 1. The summed E-state index contributed by atoms with van der Waals surface area (Å²) in [5, 5.41) is 18.5. The predicted octanol–water partition coefficient (Wildman–Crippen LogP) is 17.1. The van der Waals surface area contributed by atoms with Crippen LogP contribution in [0.15, 0.2) is 36.5 Å². The molecular weight excluding hydrogens is 860 g/mol. The highest BCUT2D eigenvalue weighted by atomic mass is 31.2. The van der Waals surface area contributed by atoms with Gasteiger partial charge in [-0.05, 0) is 51.4 Å². The summed E-state index contributed by atoms with van der Waals surface area (Å²) < 4.78 is 33.6. The zero-order chi connectivity index (χ0) is 48.8. The zero-order valence-electron chi connectivity index (χ0n) is 43.9. The molecule has 0 aromatic rings. The summed E-state index contributed by atoms with van der Waals surface area (Å²) in [7, 11) is -4.53. The van der Waals surface area contributed by atoms with Gasteiger partial charge in [-0.3, -0.25) is 13.8 Å². The Kier molecular flexibility index (Phi) is 53.0. The molecule has 0 aliphatic heterocycles. The number of unbranched alkanes of at least 4 members (excludes halogenated alkanes) is 35. The van der Waals surface area contributed by atoms with Crippen LogP contribution < -0.4 is 0 Å². The Labute approximate surface area is 414 Å². The van der Waals surface area contributed by atoms with Crippen LogP contribution in [-0.2, 0) is 27.9 Å². The van der Waals surface area contributed by atoms with Gasteiger partial charge in [0.15, 0.2) is 0 Å². The summed E-state index contributed by atoms with van der Waals surface area (Å²) in [6.45, 7) is 3.56. The average Bonchev–Trinajstić information content (AvgIpc) is 3.32. The maximum atomic E-state index is 12.7. The fourth-order valence-electron chi connectivity index (χ4n) is 8.25. The summed E-state index contributed by atoms with van der Waals surface area (Å²) >= 11 is 0. The molecule has 3 atom stereocenters. The lowest BCUT2D eigenvalue weighted by Crippen LogP contribution is -2.29. The third kappa shape index (κ3) is 53.9. The largest absolute Gasteiger partial charge is 0.472 e. The summed E-state index contributed by atoms with van der Waals surface area (Å²) in [4.78, 5) is 22.8. The SMILES string of the molecule is CCCCCCC/C=C\C/C=C\C/C=C\CCCCCCCCCCCOCC(COP(=O)(O)OCC(O)CO)OC(=O)CCCCCCCCCCCCCCCCCCCCCCCC. The monoisotopic (exact) mass is 969 g/mol. The van der Waals surface area contributed by atoms with Crippen molar-refractivity contribution in [2.24, 2.45) is 0 Å². The molecule has 9 nitrogen and oxygen atoms in total. The maximum absolute atomic E-state index is 12.7. The number of ether oxygens (including phenoxy) is 2. The molecule has 0 aromatic heterocycles. The molecule has 0 aromatic carbocycles. The standard InChI is InChI=1S/C57H109O9P/c1-3-5-7-9-11-13-15-17-19-21-23-25-27-28-30-32-34-36-38-40-42-44-46-48-50-63-53-56(54-65-67(61,62)64-52-55(59)51-58)66-57(60)49-47-45-43-41-39-37-35-33-31-29-26-24-22-20-18-16-14-12-10-8-6-4-2/h15,17,21,23,27-28,55-56,58-59H,3-14,16,18-20,22,24-26,29-54H2,1-2H3,(H,61,62)/b17-15-,23-21-,28-27-. The summed E-state index contributed by atoms with van der Waals surface area (Å²) in [6.07, 6.45) is 62.6. The third-order valence-corrected chi connectivity index (χ3v) is 13.5. The lowest BCUT2D eigenvalue weighted by Gasteiger charge is -2.20. The van der Waals surface area contributed by atoms with Crippen LogP contribution >= 0.6 is 7.82 Å². The molecule has 0 amide bonds. The van der Waals surface area contributed by atoms with Crippen molar-refractivity contribution in [2.45, 2.75) is 289 Å². The first-order chi connectivity index (χ1) is 32.8. The molecule has 0 radical (unpaired) electrons. The lowest BCUT2D eigenvalue weighted by atomic mass is 10.0. The quantitative estimate of drug-likeness (QED) is 0.0236. The highest BCUT2D eigenvalue weighted by Crippen LogP contribution is 2.43. The second-order valence-electron chi connectivity index (χ2n) is 19.3. The van der Waals surface area contributed by atoms with Crippen molar-refractivity contribution >= 4 is 13.8 Å². The molecule has 0 rings (SSSR count). The number of esters is 1. The fourth-order valence-corrected chi connectivity index (χ4v) is 9.04. The molecule has 0 aliphatic carbocycles. The molecule has 3 N–H and O–H groups in total. The molecule has 396 valence electrons. The number of allylic oxidation sites excluding steroid dienone is 6. The van der Waals surface area contributed by atoms with Crippen molar-refractivity contribution in [3.63, 3.8) is 0 Å². The molecule has 0 saturated carbocycles. The van der Waals surface area contributed by atoms with E-state index in [0.29, 0.717) is 6.61 Å². The first kappa shape index (κ1) is 65.7. The minimum Gasteiger partial charge on any atom is -0.457 e. The first-order valence-corrected chi connectivity index (χ1v) is 30.0. The highest BCUT2D eigenvalue weighted by Gasteiger charge is 2.26. The van der Waals surface area contributed by atoms with Crippen molar-refractivity contribution < 1.29 is 43.0 Å². The van der Waals surface area contributed by atoms with Crippen LogP contribution in [0.4, 0.5) is 0 Å². The van der Waals surface area contributed by atoms with E-state index in [0.717, 1.165) is 51.4 Å². The molecule has 10 heteroatoms. The van der Waals surface area contributed by atoms with Gasteiger partial charge in [-0.2, -0.15) is 0 Å².